The van der Waals surface area contributed by atoms with E-state index in [1.54, 1.807) is 0 Å². The van der Waals surface area contributed by atoms with Crippen molar-refractivity contribution in [2.24, 2.45) is 5.92 Å². The number of halogens is 1. The van der Waals surface area contributed by atoms with Crippen LogP contribution in [-0.4, -0.2) is 45.1 Å². The number of phenolic OH excluding ortho intramolecular Hbond substituents is 1. The van der Waals surface area contributed by atoms with Gasteiger partial charge < -0.3 is 10.1 Å². The number of aromatic amines is 1. The van der Waals surface area contributed by atoms with Crippen molar-refractivity contribution in [1.82, 2.24) is 15.2 Å². The number of aromatic hydroxyl groups is 1. The molecular formula is C17H21FN4O4S. The highest BCUT2D eigenvalue weighted by Crippen LogP contribution is 2.31. The summed E-state index contributed by atoms with van der Waals surface area (Å²) in [6, 6.07) is 3.52. The average Bonchev–Trinajstić information content (AvgIpc) is 2.99. The number of carbonyl (C=O) groups excluding carboxylic acids is 1. The maximum absolute atomic E-state index is 13.9. The van der Waals surface area contributed by atoms with E-state index >= 15 is 0 Å². The molecule has 1 heterocycles. The maximum Gasteiger partial charge on any atom is 0.247 e. The van der Waals surface area contributed by atoms with Gasteiger partial charge in [-0.1, -0.05) is 6.42 Å². The van der Waals surface area contributed by atoms with Gasteiger partial charge >= 0.3 is 0 Å². The molecule has 1 aromatic carbocycles. The number of anilines is 1. The van der Waals surface area contributed by atoms with E-state index in [2.05, 4.69) is 20.5 Å². The van der Waals surface area contributed by atoms with Crippen LogP contribution in [0.2, 0.25) is 0 Å². The summed E-state index contributed by atoms with van der Waals surface area (Å²) in [4.78, 5) is 15.2. The molecule has 8 nitrogen and oxygen atoms in total. The quantitative estimate of drug-likeness (QED) is 0.688. The highest BCUT2D eigenvalue weighted by molar-refractivity contribution is 7.93. The van der Waals surface area contributed by atoms with Crippen LogP contribution in [0.3, 0.4) is 0 Å². The van der Waals surface area contributed by atoms with Gasteiger partial charge in [-0.15, -0.1) is 10.2 Å². The Morgan fingerprint density at radius 2 is 2.07 bits per heavy atom. The molecule has 1 aliphatic carbocycles. The first-order valence-electron chi connectivity index (χ1n) is 8.55. The second-order valence-corrected chi connectivity index (χ2v) is 9.81. The summed E-state index contributed by atoms with van der Waals surface area (Å²) >= 11 is 0. The van der Waals surface area contributed by atoms with Gasteiger partial charge in [0.05, 0.1) is 11.3 Å². The van der Waals surface area contributed by atoms with Gasteiger partial charge in [-0.2, -0.15) is 0 Å². The van der Waals surface area contributed by atoms with Crippen LogP contribution in [0.4, 0.5) is 10.3 Å². The molecular weight excluding hydrogens is 375 g/mol. The Bertz CT molecular complexity index is 967. The van der Waals surface area contributed by atoms with E-state index in [0.29, 0.717) is 0 Å². The largest absolute Gasteiger partial charge is 0.508 e. The molecule has 0 aliphatic heterocycles. The predicted octanol–water partition coefficient (Wildman–Crippen LogP) is 2.25. The Morgan fingerprint density at radius 3 is 2.67 bits per heavy atom. The Morgan fingerprint density at radius 1 is 1.37 bits per heavy atom. The van der Waals surface area contributed by atoms with Crippen LogP contribution in [0.1, 0.15) is 33.1 Å². The fourth-order valence-electron chi connectivity index (χ4n) is 2.71. The summed E-state index contributed by atoms with van der Waals surface area (Å²) in [6.45, 7) is 2.71. The molecule has 1 fully saturated rings. The normalized spacial score (nSPS) is 15.4. The molecule has 1 aliphatic rings. The van der Waals surface area contributed by atoms with Gasteiger partial charge in [0.2, 0.25) is 11.9 Å². The number of H-pyrrole nitrogens is 1. The van der Waals surface area contributed by atoms with Crippen molar-refractivity contribution < 1.29 is 22.7 Å². The fourth-order valence-corrected chi connectivity index (χ4v) is 4.42. The second kappa shape index (κ2) is 6.91. The lowest BCUT2D eigenvalue weighted by molar-refractivity contribution is -0.117. The van der Waals surface area contributed by atoms with Crippen LogP contribution in [0.15, 0.2) is 18.2 Å². The Kier molecular flexibility index (Phi) is 4.94. The topological polar surface area (TPSA) is 125 Å². The van der Waals surface area contributed by atoms with Gasteiger partial charge in [0.25, 0.3) is 0 Å². The van der Waals surface area contributed by atoms with Crippen molar-refractivity contribution in [3.8, 4) is 17.1 Å². The number of benzene rings is 1. The molecule has 10 heteroatoms. The molecule has 0 unspecified atom stereocenters. The number of nitrogens with one attached hydrogen (secondary N) is 2. The molecule has 2 aromatic rings. The predicted molar refractivity (Wildman–Crippen MR) is 97.3 cm³/mol. The number of phenols is 1. The van der Waals surface area contributed by atoms with Crippen LogP contribution in [0.5, 0.6) is 5.75 Å². The lowest BCUT2D eigenvalue weighted by Crippen LogP contribution is -2.47. The fraction of sp³-hybridized carbons (Fsp3) is 0.471. The number of rotatable bonds is 6. The second-order valence-electron chi connectivity index (χ2n) is 7.23. The number of sulfone groups is 1. The van der Waals surface area contributed by atoms with Crippen LogP contribution in [0.25, 0.3) is 11.4 Å². The summed E-state index contributed by atoms with van der Waals surface area (Å²) in [5, 5.41) is 19.1. The van der Waals surface area contributed by atoms with Gasteiger partial charge in [0.15, 0.2) is 15.7 Å². The Labute approximate surface area is 156 Å². The van der Waals surface area contributed by atoms with Crippen LogP contribution in [0, 0.1) is 11.7 Å². The van der Waals surface area contributed by atoms with Gasteiger partial charge in [0.1, 0.15) is 16.3 Å². The highest BCUT2D eigenvalue weighted by atomic mass is 32.2. The van der Waals surface area contributed by atoms with Crippen molar-refractivity contribution in [3.05, 3.63) is 24.0 Å². The summed E-state index contributed by atoms with van der Waals surface area (Å²) in [7, 11) is -3.66. The number of amides is 1. The third-order valence-electron chi connectivity index (χ3n) is 4.93. The van der Waals surface area contributed by atoms with E-state index in [0.717, 1.165) is 25.3 Å². The van der Waals surface area contributed by atoms with E-state index in [1.165, 1.54) is 26.0 Å². The summed E-state index contributed by atoms with van der Waals surface area (Å²) < 4.78 is 37.5. The van der Waals surface area contributed by atoms with Crippen molar-refractivity contribution in [2.75, 3.05) is 11.1 Å². The Balaban J connectivity index is 1.75. The monoisotopic (exact) mass is 396 g/mol. The standard InChI is InChI=1S/C17H21FN4O4S/c1-17(2,27(25,26)9-10-4-3-5-10)15(24)20-16-19-14(21-22-16)12-7-6-11(23)8-13(12)18/h6-8,10,23H,3-5,9H2,1-2H3,(H2,19,20,21,22,24). The first kappa shape index (κ1) is 19.3. The number of aromatic nitrogens is 3. The van der Waals surface area contributed by atoms with Crippen molar-refractivity contribution in [1.29, 1.82) is 0 Å². The smallest absolute Gasteiger partial charge is 0.247 e. The zero-order chi connectivity index (χ0) is 19.8. The molecule has 1 aromatic heterocycles. The summed E-state index contributed by atoms with van der Waals surface area (Å²) in [5.41, 5.74) is 0.0534. The lowest BCUT2D eigenvalue weighted by Gasteiger charge is -2.30. The van der Waals surface area contributed by atoms with E-state index in [1.807, 2.05) is 0 Å². The SMILES string of the molecule is CC(C)(C(=O)Nc1nnc(-c2ccc(O)cc2F)[nH]1)S(=O)(=O)CC1CCC1. The average molecular weight is 396 g/mol. The maximum atomic E-state index is 13.9. The van der Waals surface area contributed by atoms with E-state index in [-0.39, 0.29) is 34.8 Å². The number of carbonyl (C=O) groups is 1. The van der Waals surface area contributed by atoms with Crippen molar-refractivity contribution in [2.45, 2.75) is 37.9 Å². The molecule has 1 saturated carbocycles. The summed E-state index contributed by atoms with van der Waals surface area (Å²) in [5.74, 6) is -1.65. The van der Waals surface area contributed by atoms with E-state index in [4.69, 9.17) is 0 Å². The van der Waals surface area contributed by atoms with Crippen molar-refractivity contribution >= 4 is 21.7 Å². The van der Waals surface area contributed by atoms with Crippen LogP contribution in [-0.2, 0) is 14.6 Å². The van der Waals surface area contributed by atoms with Gasteiger partial charge in [-0.05, 0) is 44.7 Å². The summed E-state index contributed by atoms with van der Waals surface area (Å²) in [6.07, 6.45) is 2.74. The molecule has 27 heavy (non-hydrogen) atoms. The molecule has 3 rings (SSSR count). The molecule has 146 valence electrons. The third-order valence-corrected chi connectivity index (χ3v) is 7.58. The number of hydrogen-bond donors (Lipinski definition) is 3. The van der Waals surface area contributed by atoms with E-state index in [9.17, 15) is 22.7 Å². The van der Waals surface area contributed by atoms with Gasteiger partial charge in [0, 0.05) is 6.07 Å². The molecule has 0 bridgehead atoms. The first-order chi connectivity index (χ1) is 12.6. The lowest BCUT2D eigenvalue weighted by atomic mass is 9.87. The third kappa shape index (κ3) is 3.80. The van der Waals surface area contributed by atoms with Crippen molar-refractivity contribution in [3.63, 3.8) is 0 Å². The minimum absolute atomic E-state index is 0.0200. The van der Waals surface area contributed by atoms with Gasteiger partial charge in [-0.3, -0.25) is 10.1 Å². The molecule has 0 radical (unpaired) electrons. The van der Waals surface area contributed by atoms with Gasteiger partial charge in [-0.25, -0.2) is 12.8 Å². The first-order valence-corrected chi connectivity index (χ1v) is 10.2. The zero-order valence-electron chi connectivity index (χ0n) is 15.0. The number of nitrogens with zero attached hydrogens (tertiary/aromatic N) is 2. The molecule has 1 amide bonds. The van der Waals surface area contributed by atoms with Crippen LogP contribution >= 0.6 is 0 Å². The van der Waals surface area contributed by atoms with E-state index < -0.39 is 26.3 Å². The zero-order valence-corrected chi connectivity index (χ0v) is 15.8. The Hall–Kier alpha value is -2.49. The molecule has 0 atom stereocenters. The molecule has 0 saturated heterocycles. The molecule has 0 spiro atoms. The minimum atomic E-state index is -3.66. The molecule has 3 N–H and O–H groups in total. The highest BCUT2D eigenvalue weighted by Gasteiger charge is 2.43. The van der Waals surface area contributed by atoms with Crippen LogP contribution < -0.4 is 5.32 Å². The minimum Gasteiger partial charge on any atom is -0.508 e. The number of hydrogen-bond acceptors (Lipinski definition) is 6.